The summed E-state index contributed by atoms with van der Waals surface area (Å²) in [6.45, 7) is 2.03. The summed E-state index contributed by atoms with van der Waals surface area (Å²) >= 11 is 5.66. The fourth-order valence-electron chi connectivity index (χ4n) is 0.816. The standard InChI is InChI=1S/C8H11ClN2/c1-2-7(10)8-4-3-6(9)5-11-8/h3-5,7H,2,10H2,1H3/t7-/m0/s1. The third-order valence-corrected chi connectivity index (χ3v) is 1.79. The van der Waals surface area contributed by atoms with E-state index in [1.54, 1.807) is 12.3 Å². The van der Waals surface area contributed by atoms with Crippen LogP contribution in [0.4, 0.5) is 0 Å². The van der Waals surface area contributed by atoms with E-state index < -0.39 is 0 Å². The minimum absolute atomic E-state index is 0.0345. The van der Waals surface area contributed by atoms with Crippen LogP contribution in [0.5, 0.6) is 0 Å². The van der Waals surface area contributed by atoms with Crippen LogP contribution in [0.15, 0.2) is 18.3 Å². The Morgan fingerprint density at radius 2 is 2.36 bits per heavy atom. The molecule has 0 aliphatic heterocycles. The van der Waals surface area contributed by atoms with Gasteiger partial charge >= 0.3 is 0 Å². The van der Waals surface area contributed by atoms with Gasteiger partial charge in [-0.25, -0.2) is 0 Å². The lowest BCUT2D eigenvalue weighted by atomic mass is 10.1. The number of hydrogen-bond donors (Lipinski definition) is 1. The maximum absolute atomic E-state index is 5.74. The number of nitrogens with two attached hydrogens (primary N) is 1. The maximum Gasteiger partial charge on any atom is 0.0589 e. The molecule has 2 N–H and O–H groups in total. The molecule has 1 heterocycles. The molecule has 11 heavy (non-hydrogen) atoms. The quantitative estimate of drug-likeness (QED) is 0.739. The second-order valence-electron chi connectivity index (χ2n) is 2.42. The summed E-state index contributed by atoms with van der Waals surface area (Å²) in [5.74, 6) is 0. The van der Waals surface area contributed by atoms with Gasteiger partial charge < -0.3 is 5.73 Å². The second-order valence-corrected chi connectivity index (χ2v) is 2.85. The molecule has 0 aromatic carbocycles. The normalized spacial score (nSPS) is 13.0. The molecular weight excluding hydrogens is 160 g/mol. The Morgan fingerprint density at radius 1 is 1.64 bits per heavy atom. The average molecular weight is 171 g/mol. The van der Waals surface area contributed by atoms with Gasteiger partial charge in [0.15, 0.2) is 0 Å². The molecule has 0 saturated heterocycles. The van der Waals surface area contributed by atoms with Crippen LogP contribution in [0.25, 0.3) is 0 Å². The van der Waals surface area contributed by atoms with Crippen LogP contribution in [0, 0.1) is 0 Å². The summed E-state index contributed by atoms with van der Waals surface area (Å²) in [7, 11) is 0. The van der Waals surface area contributed by atoms with Gasteiger partial charge in [0, 0.05) is 12.2 Å². The number of pyridine rings is 1. The van der Waals surface area contributed by atoms with Gasteiger partial charge in [0.1, 0.15) is 0 Å². The van der Waals surface area contributed by atoms with Crippen molar-refractivity contribution < 1.29 is 0 Å². The Kier molecular flexibility index (Phi) is 2.85. The van der Waals surface area contributed by atoms with E-state index in [-0.39, 0.29) is 6.04 Å². The van der Waals surface area contributed by atoms with Crippen LogP contribution in [-0.2, 0) is 0 Å². The van der Waals surface area contributed by atoms with Crippen molar-refractivity contribution in [2.75, 3.05) is 0 Å². The topological polar surface area (TPSA) is 38.9 Å². The van der Waals surface area contributed by atoms with Crippen LogP contribution in [0.3, 0.4) is 0 Å². The van der Waals surface area contributed by atoms with E-state index in [0.717, 1.165) is 12.1 Å². The van der Waals surface area contributed by atoms with E-state index in [1.807, 2.05) is 13.0 Å². The Balaban J connectivity index is 2.81. The number of aromatic nitrogens is 1. The highest BCUT2D eigenvalue weighted by Crippen LogP contribution is 2.12. The van der Waals surface area contributed by atoms with Crippen molar-refractivity contribution in [3.8, 4) is 0 Å². The van der Waals surface area contributed by atoms with E-state index in [9.17, 15) is 0 Å². The molecule has 0 aliphatic rings. The van der Waals surface area contributed by atoms with Gasteiger partial charge in [-0.1, -0.05) is 18.5 Å². The summed E-state index contributed by atoms with van der Waals surface area (Å²) in [6, 6.07) is 3.70. The molecule has 1 aromatic rings. The Labute approximate surface area is 71.4 Å². The molecule has 0 amide bonds. The molecule has 0 fully saturated rings. The summed E-state index contributed by atoms with van der Waals surface area (Å²) in [4.78, 5) is 4.09. The predicted molar refractivity (Wildman–Crippen MR) is 46.5 cm³/mol. The number of halogens is 1. The molecule has 0 unspecified atom stereocenters. The van der Waals surface area contributed by atoms with Crippen molar-refractivity contribution in [3.05, 3.63) is 29.0 Å². The Morgan fingerprint density at radius 3 is 2.82 bits per heavy atom. The Hall–Kier alpha value is -0.600. The van der Waals surface area contributed by atoms with Crippen LogP contribution in [0.1, 0.15) is 25.1 Å². The van der Waals surface area contributed by atoms with Gasteiger partial charge in [0.05, 0.1) is 10.7 Å². The second kappa shape index (κ2) is 3.69. The summed E-state index contributed by atoms with van der Waals surface area (Å²) in [5.41, 5.74) is 6.64. The molecular formula is C8H11ClN2. The van der Waals surface area contributed by atoms with Crippen LogP contribution < -0.4 is 5.73 Å². The smallest absolute Gasteiger partial charge is 0.0589 e. The zero-order chi connectivity index (χ0) is 8.27. The van der Waals surface area contributed by atoms with Crippen LogP contribution in [-0.4, -0.2) is 4.98 Å². The highest BCUT2D eigenvalue weighted by atomic mass is 35.5. The molecule has 0 spiro atoms. The van der Waals surface area contributed by atoms with Crippen molar-refractivity contribution in [1.82, 2.24) is 4.98 Å². The zero-order valence-corrected chi connectivity index (χ0v) is 7.17. The van der Waals surface area contributed by atoms with Gasteiger partial charge in [0.2, 0.25) is 0 Å². The third kappa shape index (κ3) is 2.17. The van der Waals surface area contributed by atoms with Gasteiger partial charge in [-0.15, -0.1) is 0 Å². The Bertz CT molecular complexity index is 220. The first-order valence-corrected chi connectivity index (χ1v) is 3.99. The van der Waals surface area contributed by atoms with Gasteiger partial charge in [0.25, 0.3) is 0 Å². The van der Waals surface area contributed by atoms with Crippen molar-refractivity contribution in [1.29, 1.82) is 0 Å². The van der Waals surface area contributed by atoms with Crippen molar-refractivity contribution in [2.24, 2.45) is 5.73 Å². The molecule has 1 aromatic heterocycles. The molecule has 60 valence electrons. The molecule has 0 saturated carbocycles. The minimum atomic E-state index is 0.0345. The first-order chi connectivity index (χ1) is 5.24. The zero-order valence-electron chi connectivity index (χ0n) is 6.42. The molecule has 1 atom stereocenters. The predicted octanol–water partition coefficient (Wildman–Crippen LogP) is 2.14. The largest absolute Gasteiger partial charge is 0.323 e. The SMILES string of the molecule is CC[C@H](N)c1ccc(Cl)cn1. The highest BCUT2D eigenvalue weighted by molar-refractivity contribution is 6.30. The minimum Gasteiger partial charge on any atom is -0.323 e. The summed E-state index contributed by atoms with van der Waals surface area (Å²) in [6.07, 6.45) is 2.51. The number of rotatable bonds is 2. The molecule has 1 rings (SSSR count). The maximum atomic E-state index is 5.74. The van der Waals surface area contributed by atoms with Crippen molar-refractivity contribution in [3.63, 3.8) is 0 Å². The van der Waals surface area contributed by atoms with E-state index in [0.29, 0.717) is 5.02 Å². The lowest BCUT2D eigenvalue weighted by Gasteiger charge is -2.06. The first kappa shape index (κ1) is 8.50. The molecule has 0 radical (unpaired) electrons. The van der Waals surface area contributed by atoms with E-state index >= 15 is 0 Å². The fraction of sp³-hybridized carbons (Fsp3) is 0.375. The third-order valence-electron chi connectivity index (χ3n) is 1.57. The summed E-state index contributed by atoms with van der Waals surface area (Å²) < 4.78 is 0. The number of nitrogens with zero attached hydrogens (tertiary/aromatic N) is 1. The van der Waals surface area contributed by atoms with Crippen LogP contribution >= 0.6 is 11.6 Å². The average Bonchev–Trinajstić information content (AvgIpc) is 2.05. The number of hydrogen-bond acceptors (Lipinski definition) is 2. The van der Waals surface area contributed by atoms with E-state index in [4.69, 9.17) is 17.3 Å². The lowest BCUT2D eigenvalue weighted by Crippen LogP contribution is -2.09. The molecule has 0 aliphatic carbocycles. The van der Waals surface area contributed by atoms with Gasteiger partial charge in [-0.2, -0.15) is 0 Å². The first-order valence-electron chi connectivity index (χ1n) is 3.61. The summed E-state index contributed by atoms with van der Waals surface area (Å²) in [5, 5.41) is 0.650. The molecule has 0 bridgehead atoms. The van der Waals surface area contributed by atoms with Gasteiger partial charge in [-0.05, 0) is 18.6 Å². The lowest BCUT2D eigenvalue weighted by molar-refractivity contribution is 0.675. The fourth-order valence-corrected chi connectivity index (χ4v) is 0.928. The monoisotopic (exact) mass is 170 g/mol. The molecule has 2 nitrogen and oxygen atoms in total. The van der Waals surface area contributed by atoms with E-state index in [2.05, 4.69) is 4.98 Å². The van der Waals surface area contributed by atoms with Gasteiger partial charge in [-0.3, -0.25) is 4.98 Å². The molecule has 3 heteroatoms. The van der Waals surface area contributed by atoms with Crippen molar-refractivity contribution in [2.45, 2.75) is 19.4 Å². The van der Waals surface area contributed by atoms with Crippen LogP contribution in [0.2, 0.25) is 5.02 Å². The highest BCUT2D eigenvalue weighted by Gasteiger charge is 2.02. The van der Waals surface area contributed by atoms with Crippen molar-refractivity contribution >= 4 is 11.6 Å². The van der Waals surface area contributed by atoms with E-state index in [1.165, 1.54) is 0 Å².